The van der Waals surface area contributed by atoms with Crippen LogP contribution >= 0.6 is 0 Å². The zero-order valence-corrected chi connectivity index (χ0v) is 36.0. The molecule has 0 saturated heterocycles. The fourth-order valence-electron chi connectivity index (χ4n) is 6.95. The second-order valence-corrected chi connectivity index (χ2v) is 16.3. The molecular formula is C47H90O6. The number of esters is 3. The van der Waals surface area contributed by atoms with Gasteiger partial charge in [-0.1, -0.05) is 220 Å². The Kier molecular flexibility index (Phi) is 40.3. The maximum absolute atomic E-state index is 12.7. The lowest BCUT2D eigenvalue weighted by atomic mass is 9.99. The summed E-state index contributed by atoms with van der Waals surface area (Å²) in [7, 11) is 0. The molecular weight excluding hydrogens is 661 g/mol. The van der Waals surface area contributed by atoms with Crippen molar-refractivity contribution in [2.45, 2.75) is 265 Å². The minimum Gasteiger partial charge on any atom is -0.462 e. The molecule has 0 rings (SSSR count). The molecule has 2 atom stereocenters. The largest absolute Gasteiger partial charge is 0.462 e. The number of rotatable bonds is 42. The Bertz CT molecular complexity index is 798. The molecule has 53 heavy (non-hydrogen) atoms. The van der Waals surface area contributed by atoms with Crippen molar-refractivity contribution >= 4 is 17.9 Å². The van der Waals surface area contributed by atoms with Gasteiger partial charge >= 0.3 is 17.9 Å². The molecule has 0 aromatic rings. The third-order valence-electron chi connectivity index (χ3n) is 10.9. The molecule has 1 unspecified atom stereocenters. The zero-order valence-electron chi connectivity index (χ0n) is 36.0. The number of hydrogen-bond donors (Lipinski definition) is 0. The highest BCUT2D eigenvalue weighted by Gasteiger charge is 2.19. The molecule has 0 aromatic heterocycles. The average molecular weight is 751 g/mol. The minimum atomic E-state index is -0.759. The second-order valence-electron chi connectivity index (χ2n) is 16.3. The van der Waals surface area contributed by atoms with Gasteiger partial charge in [-0.2, -0.15) is 0 Å². The molecule has 0 spiro atoms. The summed E-state index contributed by atoms with van der Waals surface area (Å²) in [4.78, 5) is 37.7. The minimum absolute atomic E-state index is 0.0638. The van der Waals surface area contributed by atoms with Crippen LogP contribution in [0.15, 0.2) is 0 Å². The van der Waals surface area contributed by atoms with Crippen molar-refractivity contribution in [3.63, 3.8) is 0 Å². The Morgan fingerprint density at radius 2 is 0.660 bits per heavy atom. The molecule has 6 nitrogen and oxygen atoms in total. The van der Waals surface area contributed by atoms with Crippen molar-refractivity contribution in [1.82, 2.24) is 0 Å². The van der Waals surface area contributed by atoms with Crippen molar-refractivity contribution in [3.8, 4) is 0 Å². The first-order chi connectivity index (χ1) is 25.9. The molecule has 0 bridgehead atoms. The van der Waals surface area contributed by atoms with Crippen LogP contribution in [0.1, 0.15) is 259 Å². The summed E-state index contributed by atoms with van der Waals surface area (Å²) in [5.74, 6) is -0.00583. The normalized spacial score (nSPS) is 12.5. The molecule has 0 aliphatic rings. The lowest BCUT2D eigenvalue weighted by molar-refractivity contribution is -0.167. The molecule has 0 saturated carbocycles. The van der Waals surface area contributed by atoms with Crippen molar-refractivity contribution in [2.24, 2.45) is 5.92 Å². The van der Waals surface area contributed by atoms with Gasteiger partial charge in [0.1, 0.15) is 13.2 Å². The van der Waals surface area contributed by atoms with Gasteiger partial charge in [-0.15, -0.1) is 0 Å². The van der Waals surface area contributed by atoms with Crippen LogP contribution in [0, 0.1) is 5.92 Å². The van der Waals surface area contributed by atoms with E-state index in [1.165, 1.54) is 154 Å². The van der Waals surface area contributed by atoms with Gasteiger partial charge in [-0.05, 0) is 25.2 Å². The topological polar surface area (TPSA) is 78.9 Å². The van der Waals surface area contributed by atoms with Crippen LogP contribution < -0.4 is 0 Å². The van der Waals surface area contributed by atoms with E-state index in [9.17, 15) is 14.4 Å². The molecule has 0 N–H and O–H groups in total. The number of carbonyl (C=O) groups excluding carboxylic acids is 3. The predicted octanol–water partition coefficient (Wildman–Crippen LogP) is 14.7. The molecule has 0 aromatic carbocycles. The van der Waals surface area contributed by atoms with E-state index in [1.54, 1.807) is 0 Å². The fourth-order valence-corrected chi connectivity index (χ4v) is 6.95. The predicted molar refractivity (Wildman–Crippen MR) is 224 cm³/mol. The number of unbranched alkanes of at least 4 members (excludes halogenated alkanes) is 28. The van der Waals surface area contributed by atoms with Gasteiger partial charge in [0.2, 0.25) is 0 Å². The highest BCUT2D eigenvalue weighted by molar-refractivity contribution is 5.71. The smallest absolute Gasteiger partial charge is 0.306 e. The van der Waals surface area contributed by atoms with Crippen molar-refractivity contribution in [2.75, 3.05) is 13.2 Å². The standard InChI is InChI=1S/C47H90O6/c1-5-8-10-12-14-16-18-20-21-26-30-34-38-45(48)51-41-44(53-47(50)40-36-32-28-22-19-17-15-13-11-9-6-2)42-52-46(49)39-35-31-27-24-23-25-29-33-37-43(4)7-3/h43-44H,5-42H2,1-4H3/t43?,44-/m0/s1. The molecule has 6 heteroatoms. The molecule has 0 aliphatic carbocycles. The van der Waals surface area contributed by atoms with Crippen molar-refractivity contribution in [3.05, 3.63) is 0 Å². The number of ether oxygens (including phenoxy) is 3. The third kappa shape index (κ3) is 39.9. The van der Waals surface area contributed by atoms with E-state index >= 15 is 0 Å². The lowest BCUT2D eigenvalue weighted by Gasteiger charge is -2.18. The summed E-state index contributed by atoms with van der Waals surface area (Å²) in [6.45, 7) is 9.00. The lowest BCUT2D eigenvalue weighted by Crippen LogP contribution is -2.30. The van der Waals surface area contributed by atoms with Crippen LogP contribution in [0.2, 0.25) is 0 Å². The number of hydrogen-bond acceptors (Lipinski definition) is 6. The molecule has 0 heterocycles. The monoisotopic (exact) mass is 751 g/mol. The summed E-state index contributed by atoms with van der Waals surface area (Å²) in [6, 6.07) is 0. The van der Waals surface area contributed by atoms with E-state index in [0.717, 1.165) is 63.7 Å². The first kappa shape index (κ1) is 51.4. The first-order valence-corrected chi connectivity index (χ1v) is 23.4. The van der Waals surface area contributed by atoms with Crippen LogP contribution in [0.4, 0.5) is 0 Å². The van der Waals surface area contributed by atoms with E-state index in [0.29, 0.717) is 19.3 Å². The van der Waals surface area contributed by atoms with E-state index < -0.39 is 6.10 Å². The Balaban J connectivity index is 4.34. The Morgan fingerprint density at radius 1 is 0.377 bits per heavy atom. The third-order valence-corrected chi connectivity index (χ3v) is 10.9. The highest BCUT2D eigenvalue weighted by Crippen LogP contribution is 2.17. The maximum atomic E-state index is 12.7. The van der Waals surface area contributed by atoms with Crippen LogP contribution in [0.25, 0.3) is 0 Å². The first-order valence-electron chi connectivity index (χ1n) is 23.4. The Morgan fingerprint density at radius 3 is 0.981 bits per heavy atom. The zero-order chi connectivity index (χ0) is 38.9. The highest BCUT2D eigenvalue weighted by atomic mass is 16.6. The van der Waals surface area contributed by atoms with Gasteiger partial charge in [0, 0.05) is 19.3 Å². The molecule has 0 radical (unpaired) electrons. The average Bonchev–Trinajstić information content (AvgIpc) is 3.15. The van der Waals surface area contributed by atoms with Crippen molar-refractivity contribution < 1.29 is 28.6 Å². The molecule has 0 fully saturated rings. The van der Waals surface area contributed by atoms with E-state index in [-0.39, 0.29) is 31.1 Å². The van der Waals surface area contributed by atoms with Crippen LogP contribution in [0.3, 0.4) is 0 Å². The molecule has 0 amide bonds. The summed E-state index contributed by atoms with van der Waals surface area (Å²) >= 11 is 0. The Labute approximate surface area is 329 Å². The summed E-state index contributed by atoms with van der Waals surface area (Å²) in [5.41, 5.74) is 0. The van der Waals surface area contributed by atoms with Gasteiger partial charge in [0.15, 0.2) is 6.10 Å². The summed E-state index contributed by atoms with van der Waals surface area (Å²) < 4.78 is 16.7. The second kappa shape index (κ2) is 41.6. The van der Waals surface area contributed by atoms with E-state index in [2.05, 4.69) is 27.7 Å². The van der Waals surface area contributed by atoms with Gasteiger partial charge in [-0.25, -0.2) is 0 Å². The van der Waals surface area contributed by atoms with Crippen LogP contribution in [0.5, 0.6) is 0 Å². The summed E-state index contributed by atoms with van der Waals surface area (Å²) in [6.07, 6.45) is 40.7. The number of carbonyl (C=O) groups is 3. The van der Waals surface area contributed by atoms with Crippen LogP contribution in [-0.2, 0) is 28.6 Å². The van der Waals surface area contributed by atoms with Crippen LogP contribution in [-0.4, -0.2) is 37.2 Å². The maximum Gasteiger partial charge on any atom is 0.306 e. The van der Waals surface area contributed by atoms with Gasteiger partial charge in [0.25, 0.3) is 0 Å². The van der Waals surface area contributed by atoms with Gasteiger partial charge < -0.3 is 14.2 Å². The van der Waals surface area contributed by atoms with Gasteiger partial charge in [0.05, 0.1) is 0 Å². The molecule has 314 valence electrons. The summed E-state index contributed by atoms with van der Waals surface area (Å²) in [5, 5.41) is 0. The van der Waals surface area contributed by atoms with Gasteiger partial charge in [-0.3, -0.25) is 14.4 Å². The van der Waals surface area contributed by atoms with E-state index in [4.69, 9.17) is 14.2 Å². The fraction of sp³-hybridized carbons (Fsp3) is 0.936. The van der Waals surface area contributed by atoms with Crippen molar-refractivity contribution in [1.29, 1.82) is 0 Å². The quantitative estimate of drug-likeness (QED) is 0.0351. The molecule has 0 aliphatic heterocycles. The van der Waals surface area contributed by atoms with E-state index in [1.807, 2.05) is 0 Å². The SMILES string of the molecule is CCCCCCCCCCCCCCC(=O)OC[C@@H](COC(=O)CCCCCCCCCCC(C)CC)OC(=O)CCCCCCCCCCCCC. The Hall–Kier alpha value is -1.59.